The molecular formula is C16H21NO4. The molecule has 21 heavy (non-hydrogen) atoms. The molecule has 5 nitrogen and oxygen atoms in total. The Morgan fingerprint density at radius 2 is 2.14 bits per heavy atom. The molecular weight excluding hydrogens is 270 g/mol. The molecule has 2 rings (SSSR count). The molecule has 0 saturated heterocycles. The smallest absolute Gasteiger partial charge is 0.303 e. The number of unbranched alkanes of at least 4 members (excludes halogenated alkanes) is 1. The highest BCUT2D eigenvalue weighted by Crippen LogP contribution is 2.32. The van der Waals surface area contributed by atoms with E-state index in [0.29, 0.717) is 32.2 Å². The van der Waals surface area contributed by atoms with Crippen molar-refractivity contribution in [3.63, 3.8) is 0 Å². The molecule has 1 aliphatic heterocycles. The van der Waals surface area contributed by atoms with Crippen molar-refractivity contribution in [2.75, 3.05) is 11.4 Å². The molecule has 1 aromatic carbocycles. The lowest BCUT2D eigenvalue weighted by Gasteiger charge is -2.18. The van der Waals surface area contributed by atoms with Crippen LogP contribution in [0.15, 0.2) is 18.2 Å². The fourth-order valence-corrected chi connectivity index (χ4v) is 2.64. The standard InChI is InChI=1S/C16H21NO4/c1-2-14(18)11-6-7-13-12(9-11)10-15(19)17(13)8-4-3-5-16(20)21/h6-7,9,14,18H,2-5,8,10H2,1H3,(H,20,21). The summed E-state index contributed by atoms with van der Waals surface area (Å²) < 4.78 is 0. The third-order valence-corrected chi connectivity index (χ3v) is 3.83. The van der Waals surface area contributed by atoms with E-state index in [4.69, 9.17) is 5.11 Å². The lowest BCUT2D eigenvalue weighted by molar-refractivity contribution is -0.137. The lowest BCUT2D eigenvalue weighted by atomic mass is 10.0. The van der Waals surface area contributed by atoms with Gasteiger partial charge >= 0.3 is 5.97 Å². The van der Waals surface area contributed by atoms with Crippen molar-refractivity contribution < 1.29 is 19.8 Å². The second-order valence-electron chi connectivity index (χ2n) is 5.39. The Morgan fingerprint density at radius 3 is 2.81 bits per heavy atom. The van der Waals surface area contributed by atoms with Crippen LogP contribution in [0.2, 0.25) is 0 Å². The number of carbonyl (C=O) groups is 2. The molecule has 0 radical (unpaired) electrons. The molecule has 0 spiro atoms. The van der Waals surface area contributed by atoms with Gasteiger partial charge in [0.15, 0.2) is 0 Å². The third kappa shape index (κ3) is 3.61. The average Bonchev–Trinajstić information content (AvgIpc) is 2.77. The summed E-state index contributed by atoms with van der Waals surface area (Å²) in [6.45, 7) is 2.46. The van der Waals surface area contributed by atoms with Crippen molar-refractivity contribution in [1.82, 2.24) is 0 Å². The van der Waals surface area contributed by atoms with Crippen LogP contribution in [-0.4, -0.2) is 28.6 Å². The first-order chi connectivity index (χ1) is 10.0. The van der Waals surface area contributed by atoms with E-state index in [1.165, 1.54) is 0 Å². The maximum Gasteiger partial charge on any atom is 0.303 e. The van der Waals surface area contributed by atoms with E-state index in [0.717, 1.165) is 16.8 Å². The molecule has 0 bridgehead atoms. The van der Waals surface area contributed by atoms with Crippen LogP contribution in [0.4, 0.5) is 5.69 Å². The molecule has 1 unspecified atom stereocenters. The predicted molar refractivity (Wildman–Crippen MR) is 79.2 cm³/mol. The molecule has 1 atom stereocenters. The molecule has 114 valence electrons. The number of nitrogens with zero attached hydrogens (tertiary/aromatic N) is 1. The Labute approximate surface area is 124 Å². The summed E-state index contributed by atoms with van der Waals surface area (Å²) >= 11 is 0. The van der Waals surface area contributed by atoms with E-state index in [9.17, 15) is 14.7 Å². The Hall–Kier alpha value is -1.88. The van der Waals surface area contributed by atoms with E-state index in [1.807, 2.05) is 25.1 Å². The number of aliphatic carboxylic acids is 1. The molecule has 1 heterocycles. The van der Waals surface area contributed by atoms with Gasteiger partial charge in [0.2, 0.25) is 5.91 Å². The van der Waals surface area contributed by atoms with Crippen LogP contribution in [0.1, 0.15) is 49.8 Å². The van der Waals surface area contributed by atoms with Crippen LogP contribution in [-0.2, 0) is 16.0 Å². The highest BCUT2D eigenvalue weighted by atomic mass is 16.4. The Bertz CT molecular complexity index is 541. The second-order valence-corrected chi connectivity index (χ2v) is 5.39. The molecule has 0 saturated carbocycles. The zero-order valence-electron chi connectivity index (χ0n) is 12.2. The molecule has 0 aromatic heterocycles. The Balaban J connectivity index is 2.04. The minimum absolute atomic E-state index is 0.0449. The first-order valence-corrected chi connectivity index (χ1v) is 7.36. The highest BCUT2D eigenvalue weighted by Gasteiger charge is 2.27. The van der Waals surface area contributed by atoms with E-state index >= 15 is 0 Å². The van der Waals surface area contributed by atoms with Gasteiger partial charge in [0.25, 0.3) is 0 Å². The lowest BCUT2D eigenvalue weighted by Crippen LogP contribution is -2.27. The number of fused-ring (bicyclic) bond motifs is 1. The minimum Gasteiger partial charge on any atom is -0.481 e. The normalized spacial score (nSPS) is 15.1. The number of carboxylic acids is 1. The monoisotopic (exact) mass is 291 g/mol. The first-order valence-electron chi connectivity index (χ1n) is 7.36. The number of aliphatic hydroxyl groups excluding tert-OH is 1. The number of anilines is 1. The molecule has 0 aliphatic carbocycles. The van der Waals surface area contributed by atoms with Gasteiger partial charge in [-0.1, -0.05) is 19.1 Å². The van der Waals surface area contributed by atoms with Gasteiger partial charge in [-0.25, -0.2) is 0 Å². The summed E-state index contributed by atoms with van der Waals surface area (Å²) in [6, 6.07) is 5.64. The summed E-state index contributed by atoms with van der Waals surface area (Å²) in [5, 5.41) is 18.5. The average molecular weight is 291 g/mol. The SMILES string of the molecule is CCC(O)c1ccc2c(c1)CC(=O)N2CCCCC(=O)O. The summed E-state index contributed by atoms with van der Waals surface area (Å²) in [4.78, 5) is 24.3. The van der Waals surface area contributed by atoms with Gasteiger partial charge < -0.3 is 15.1 Å². The van der Waals surface area contributed by atoms with E-state index < -0.39 is 12.1 Å². The van der Waals surface area contributed by atoms with Crippen LogP contribution in [0.3, 0.4) is 0 Å². The van der Waals surface area contributed by atoms with Crippen LogP contribution in [0, 0.1) is 0 Å². The second kappa shape index (κ2) is 6.72. The molecule has 0 fully saturated rings. The van der Waals surface area contributed by atoms with E-state index in [1.54, 1.807) is 4.90 Å². The Kier molecular flexibility index (Phi) is 4.96. The summed E-state index contributed by atoms with van der Waals surface area (Å²) in [5.41, 5.74) is 2.68. The zero-order valence-corrected chi connectivity index (χ0v) is 12.2. The van der Waals surface area contributed by atoms with Crippen molar-refractivity contribution in [3.05, 3.63) is 29.3 Å². The van der Waals surface area contributed by atoms with Crippen molar-refractivity contribution in [2.45, 2.75) is 45.1 Å². The first kappa shape index (κ1) is 15.5. The fraction of sp³-hybridized carbons (Fsp3) is 0.500. The van der Waals surface area contributed by atoms with Gasteiger partial charge in [-0.05, 0) is 36.5 Å². The van der Waals surface area contributed by atoms with Crippen molar-refractivity contribution in [3.8, 4) is 0 Å². The Morgan fingerprint density at radius 1 is 1.38 bits per heavy atom. The molecule has 1 aliphatic rings. The summed E-state index contributed by atoms with van der Waals surface area (Å²) in [5.74, 6) is -0.759. The number of rotatable bonds is 7. The van der Waals surface area contributed by atoms with Crippen LogP contribution < -0.4 is 4.90 Å². The van der Waals surface area contributed by atoms with E-state index in [2.05, 4.69) is 0 Å². The molecule has 1 aromatic rings. The maximum atomic E-state index is 12.1. The van der Waals surface area contributed by atoms with E-state index in [-0.39, 0.29) is 12.3 Å². The number of hydrogen-bond donors (Lipinski definition) is 2. The molecule has 2 N–H and O–H groups in total. The number of carboxylic acid groups (broad SMARTS) is 1. The largest absolute Gasteiger partial charge is 0.481 e. The number of benzene rings is 1. The van der Waals surface area contributed by atoms with Crippen LogP contribution >= 0.6 is 0 Å². The number of amides is 1. The third-order valence-electron chi connectivity index (χ3n) is 3.83. The number of hydrogen-bond acceptors (Lipinski definition) is 3. The maximum absolute atomic E-state index is 12.1. The van der Waals surface area contributed by atoms with Gasteiger partial charge in [0, 0.05) is 18.7 Å². The number of carbonyl (C=O) groups excluding carboxylic acids is 1. The van der Waals surface area contributed by atoms with Crippen molar-refractivity contribution in [2.24, 2.45) is 0 Å². The molecule has 5 heteroatoms. The van der Waals surface area contributed by atoms with Gasteiger partial charge in [-0.3, -0.25) is 9.59 Å². The van der Waals surface area contributed by atoms with Gasteiger partial charge in [-0.15, -0.1) is 0 Å². The number of aliphatic hydroxyl groups is 1. The quantitative estimate of drug-likeness (QED) is 0.755. The van der Waals surface area contributed by atoms with Crippen LogP contribution in [0.25, 0.3) is 0 Å². The summed E-state index contributed by atoms with van der Waals surface area (Å²) in [7, 11) is 0. The highest BCUT2D eigenvalue weighted by molar-refractivity contribution is 6.01. The zero-order chi connectivity index (χ0) is 15.4. The van der Waals surface area contributed by atoms with Gasteiger partial charge in [0.05, 0.1) is 12.5 Å². The topological polar surface area (TPSA) is 77.8 Å². The van der Waals surface area contributed by atoms with Crippen molar-refractivity contribution >= 4 is 17.6 Å². The van der Waals surface area contributed by atoms with Crippen LogP contribution in [0.5, 0.6) is 0 Å². The predicted octanol–water partition coefficient (Wildman–Crippen LogP) is 2.27. The van der Waals surface area contributed by atoms with Gasteiger partial charge in [-0.2, -0.15) is 0 Å². The summed E-state index contributed by atoms with van der Waals surface area (Å²) in [6.07, 6.45) is 1.90. The van der Waals surface area contributed by atoms with Crippen molar-refractivity contribution in [1.29, 1.82) is 0 Å². The minimum atomic E-state index is -0.804. The fourth-order valence-electron chi connectivity index (χ4n) is 2.64. The molecule has 1 amide bonds. The van der Waals surface area contributed by atoms with Gasteiger partial charge in [0.1, 0.15) is 0 Å².